The van der Waals surface area contributed by atoms with Gasteiger partial charge in [0.2, 0.25) is 0 Å². The molecule has 0 aliphatic carbocycles. The lowest BCUT2D eigenvalue weighted by Crippen LogP contribution is -2.20. The molecule has 70 valence electrons. The van der Waals surface area contributed by atoms with E-state index in [1.165, 1.54) is 5.69 Å². The van der Waals surface area contributed by atoms with Gasteiger partial charge in [0.05, 0.1) is 0 Å². The van der Waals surface area contributed by atoms with Crippen LogP contribution in [-0.2, 0) is 6.42 Å². The highest BCUT2D eigenvalue weighted by Crippen LogP contribution is 2.28. The number of nitrogens with zero attached hydrogens (tertiary/aromatic N) is 1. The van der Waals surface area contributed by atoms with Gasteiger partial charge in [0.1, 0.15) is 5.82 Å². The minimum atomic E-state index is -0.114. The van der Waals surface area contributed by atoms with Gasteiger partial charge < -0.3 is 4.90 Å². The third-order valence-electron chi connectivity index (χ3n) is 2.53. The summed E-state index contributed by atoms with van der Waals surface area (Å²) in [5.41, 5.74) is 2.39. The van der Waals surface area contributed by atoms with Crippen molar-refractivity contribution in [2.24, 2.45) is 0 Å². The Balaban J connectivity index is 2.27. The van der Waals surface area contributed by atoms with Gasteiger partial charge in [0.15, 0.2) is 0 Å². The summed E-state index contributed by atoms with van der Waals surface area (Å²) in [5.74, 6) is -0.114. The zero-order valence-electron chi connectivity index (χ0n) is 7.89. The van der Waals surface area contributed by atoms with Gasteiger partial charge in [0, 0.05) is 18.8 Å². The molecular formula is C11H14FN. The Hall–Kier alpha value is -1.05. The van der Waals surface area contributed by atoms with Gasteiger partial charge in [0.25, 0.3) is 0 Å². The highest BCUT2D eigenvalue weighted by Gasteiger charge is 2.17. The summed E-state index contributed by atoms with van der Waals surface area (Å²) in [5, 5.41) is 0. The van der Waals surface area contributed by atoms with Gasteiger partial charge in [-0.25, -0.2) is 4.39 Å². The predicted molar refractivity (Wildman–Crippen MR) is 52.6 cm³/mol. The number of halogens is 1. The molecule has 1 aromatic carbocycles. The van der Waals surface area contributed by atoms with Crippen LogP contribution in [-0.4, -0.2) is 13.1 Å². The second-order valence-electron chi connectivity index (χ2n) is 3.51. The first-order valence-corrected chi connectivity index (χ1v) is 4.84. The van der Waals surface area contributed by atoms with Crippen LogP contribution in [0.3, 0.4) is 0 Å². The molecule has 1 heterocycles. The molecule has 1 aliphatic heterocycles. The number of hydrogen-bond acceptors (Lipinski definition) is 1. The summed E-state index contributed by atoms with van der Waals surface area (Å²) >= 11 is 0. The van der Waals surface area contributed by atoms with Crippen molar-refractivity contribution in [3.63, 3.8) is 0 Å². The minimum absolute atomic E-state index is 0.114. The quantitative estimate of drug-likeness (QED) is 0.674. The Kier molecular flexibility index (Phi) is 2.21. The Bertz CT molecular complexity index is 309. The van der Waals surface area contributed by atoms with Crippen LogP contribution in [0.15, 0.2) is 18.2 Å². The van der Waals surface area contributed by atoms with E-state index in [1.54, 1.807) is 12.1 Å². The van der Waals surface area contributed by atoms with Crippen LogP contribution < -0.4 is 4.90 Å². The van der Waals surface area contributed by atoms with Gasteiger partial charge in [-0.3, -0.25) is 0 Å². The zero-order valence-corrected chi connectivity index (χ0v) is 7.89. The van der Waals surface area contributed by atoms with Gasteiger partial charge in [-0.2, -0.15) is 0 Å². The maximum atomic E-state index is 12.9. The molecule has 1 nitrogen and oxygen atoms in total. The fourth-order valence-electron chi connectivity index (χ4n) is 1.94. The van der Waals surface area contributed by atoms with E-state index in [0.717, 1.165) is 31.5 Å². The second kappa shape index (κ2) is 3.36. The van der Waals surface area contributed by atoms with Crippen molar-refractivity contribution >= 4 is 5.69 Å². The number of benzene rings is 1. The SMILES string of the molecule is CCCN1CCc2cc(F)ccc21. The third-order valence-corrected chi connectivity index (χ3v) is 2.53. The van der Waals surface area contributed by atoms with E-state index in [0.29, 0.717) is 0 Å². The van der Waals surface area contributed by atoms with Crippen LogP contribution in [0, 0.1) is 5.82 Å². The third kappa shape index (κ3) is 1.53. The van der Waals surface area contributed by atoms with Crippen LogP contribution in [0.1, 0.15) is 18.9 Å². The molecule has 2 heteroatoms. The van der Waals surface area contributed by atoms with E-state index >= 15 is 0 Å². The molecule has 0 atom stereocenters. The van der Waals surface area contributed by atoms with E-state index in [1.807, 2.05) is 6.07 Å². The minimum Gasteiger partial charge on any atom is -0.371 e. The number of hydrogen-bond donors (Lipinski definition) is 0. The molecule has 0 radical (unpaired) electrons. The summed E-state index contributed by atoms with van der Waals surface area (Å²) < 4.78 is 12.9. The lowest BCUT2D eigenvalue weighted by atomic mass is 10.2. The highest BCUT2D eigenvalue weighted by molar-refractivity contribution is 5.57. The summed E-state index contributed by atoms with van der Waals surface area (Å²) in [6, 6.07) is 5.10. The van der Waals surface area contributed by atoms with E-state index in [-0.39, 0.29) is 5.82 Å². The van der Waals surface area contributed by atoms with Crippen molar-refractivity contribution in [2.75, 3.05) is 18.0 Å². The molecule has 0 saturated carbocycles. The summed E-state index contributed by atoms with van der Waals surface area (Å²) in [6.07, 6.45) is 2.14. The molecule has 0 saturated heterocycles. The number of rotatable bonds is 2. The maximum Gasteiger partial charge on any atom is 0.123 e. The fraction of sp³-hybridized carbons (Fsp3) is 0.455. The number of fused-ring (bicyclic) bond motifs is 1. The van der Waals surface area contributed by atoms with E-state index in [9.17, 15) is 4.39 Å². The van der Waals surface area contributed by atoms with Crippen molar-refractivity contribution < 1.29 is 4.39 Å². The Labute approximate surface area is 78.2 Å². The van der Waals surface area contributed by atoms with Crippen molar-refractivity contribution in [3.8, 4) is 0 Å². The van der Waals surface area contributed by atoms with Crippen LogP contribution in [0.25, 0.3) is 0 Å². The largest absolute Gasteiger partial charge is 0.371 e. The van der Waals surface area contributed by atoms with Crippen molar-refractivity contribution in [1.82, 2.24) is 0 Å². The standard InChI is InChI=1S/C11H14FN/c1-2-6-13-7-5-9-8-10(12)3-4-11(9)13/h3-4,8H,2,5-7H2,1H3. The van der Waals surface area contributed by atoms with E-state index in [2.05, 4.69) is 11.8 Å². The van der Waals surface area contributed by atoms with Crippen molar-refractivity contribution in [3.05, 3.63) is 29.6 Å². The molecule has 0 spiro atoms. The smallest absolute Gasteiger partial charge is 0.123 e. The fourth-order valence-corrected chi connectivity index (χ4v) is 1.94. The van der Waals surface area contributed by atoms with Crippen LogP contribution in [0.5, 0.6) is 0 Å². The molecule has 0 aromatic heterocycles. The average Bonchev–Trinajstić information content (AvgIpc) is 2.49. The van der Waals surface area contributed by atoms with Gasteiger partial charge in [-0.15, -0.1) is 0 Å². The zero-order chi connectivity index (χ0) is 9.26. The first-order chi connectivity index (χ1) is 6.31. The normalized spacial score (nSPS) is 14.8. The first kappa shape index (κ1) is 8.54. The monoisotopic (exact) mass is 179 g/mol. The van der Waals surface area contributed by atoms with Crippen molar-refractivity contribution in [1.29, 1.82) is 0 Å². The van der Waals surface area contributed by atoms with E-state index in [4.69, 9.17) is 0 Å². The molecule has 0 fully saturated rings. The Morgan fingerprint density at radius 2 is 2.31 bits per heavy atom. The summed E-state index contributed by atoms with van der Waals surface area (Å²) in [7, 11) is 0. The molecule has 0 N–H and O–H groups in total. The van der Waals surface area contributed by atoms with Gasteiger partial charge in [-0.1, -0.05) is 6.92 Å². The van der Waals surface area contributed by atoms with Gasteiger partial charge >= 0.3 is 0 Å². The number of anilines is 1. The molecular weight excluding hydrogens is 165 g/mol. The topological polar surface area (TPSA) is 3.24 Å². The molecule has 0 unspecified atom stereocenters. The summed E-state index contributed by atoms with van der Waals surface area (Å²) in [4.78, 5) is 2.33. The first-order valence-electron chi connectivity index (χ1n) is 4.84. The Morgan fingerprint density at radius 3 is 3.08 bits per heavy atom. The second-order valence-corrected chi connectivity index (χ2v) is 3.51. The molecule has 13 heavy (non-hydrogen) atoms. The maximum absolute atomic E-state index is 12.9. The van der Waals surface area contributed by atoms with E-state index < -0.39 is 0 Å². The lowest BCUT2D eigenvalue weighted by molar-refractivity contribution is 0.626. The highest BCUT2D eigenvalue weighted by atomic mass is 19.1. The molecule has 0 amide bonds. The molecule has 1 aromatic rings. The van der Waals surface area contributed by atoms with Crippen LogP contribution >= 0.6 is 0 Å². The Morgan fingerprint density at radius 1 is 1.46 bits per heavy atom. The van der Waals surface area contributed by atoms with Crippen molar-refractivity contribution in [2.45, 2.75) is 19.8 Å². The van der Waals surface area contributed by atoms with Crippen LogP contribution in [0.4, 0.5) is 10.1 Å². The average molecular weight is 179 g/mol. The lowest BCUT2D eigenvalue weighted by Gasteiger charge is -2.17. The van der Waals surface area contributed by atoms with Crippen LogP contribution in [0.2, 0.25) is 0 Å². The molecule has 1 aliphatic rings. The van der Waals surface area contributed by atoms with Gasteiger partial charge in [-0.05, 0) is 36.6 Å². The summed E-state index contributed by atoms with van der Waals surface area (Å²) in [6.45, 7) is 4.30. The molecule has 2 rings (SSSR count). The molecule has 0 bridgehead atoms. The predicted octanol–water partition coefficient (Wildman–Crippen LogP) is 2.60.